The van der Waals surface area contributed by atoms with Crippen LogP contribution in [0, 0.1) is 27.7 Å². The highest BCUT2D eigenvalue weighted by Crippen LogP contribution is 2.28. The minimum Gasteiger partial charge on any atom is -0.472 e. The van der Waals surface area contributed by atoms with E-state index in [-0.39, 0.29) is 13.4 Å². The Morgan fingerprint density at radius 1 is 0.762 bits per heavy atom. The van der Waals surface area contributed by atoms with E-state index in [1.54, 1.807) is 0 Å². The van der Waals surface area contributed by atoms with Crippen molar-refractivity contribution in [3.05, 3.63) is 148 Å². The van der Waals surface area contributed by atoms with Gasteiger partial charge in [0.1, 0.15) is 11.9 Å². The average Bonchev–Trinajstić information content (AvgIpc) is 2.97. The molecule has 0 fully saturated rings. The van der Waals surface area contributed by atoms with Crippen molar-refractivity contribution in [1.29, 1.82) is 0 Å². The molecule has 0 spiro atoms. The second kappa shape index (κ2) is 13.3. The molecule has 0 radical (unpaired) electrons. The number of carbonyl (C=O) groups excluding carboxylic acids is 1. The van der Waals surface area contributed by atoms with Gasteiger partial charge in [0.15, 0.2) is 0 Å². The van der Waals surface area contributed by atoms with E-state index < -0.39 is 0 Å². The summed E-state index contributed by atoms with van der Waals surface area (Å²) in [5, 5.41) is 0. The number of nitrogens with zero attached hydrogens (tertiary/aromatic N) is 3. The van der Waals surface area contributed by atoms with E-state index in [0.29, 0.717) is 36.8 Å². The Kier molecular flexibility index (Phi) is 9.08. The van der Waals surface area contributed by atoms with Crippen molar-refractivity contribution in [3.63, 3.8) is 0 Å². The molecule has 0 aliphatic heterocycles. The van der Waals surface area contributed by atoms with Gasteiger partial charge in [-0.2, -0.15) is 4.98 Å². The van der Waals surface area contributed by atoms with Crippen LogP contribution in [-0.2, 0) is 13.0 Å². The summed E-state index contributed by atoms with van der Waals surface area (Å²) in [5.74, 6) is 1.11. The highest BCUT2D eigenvalue weighted by molar-refractivity contribution is 5.94. The normalized spacial score (nSPS) is 11.6. The molecule has 1 heterocycles. The molecule has 214 valence electrons. The van der Waals surface area contributed by atoms with Crippen molar-refractivity contribution in [3.8, 4) is 17.1 Å². The number of rotatable bonds is 10. The molecule has 0 N–H and O–H groups in total. The predicted molar refractivity (Wildman–Crippen MR) is 171 cm³/mol. The molecule has 0 unspecified atom stereocenters. The number of benzene rings is 4. The standard InChI is InChI=1S/C37H37N3O2.H2/c1-26-13-11-20-32(21-26)37(41)40(24-31-18-9-6-10-19-31)25-33(22-30-16-7-5-8-17-30)42-35-23-34(38-29(4)39-35)36-27(2)14-12-15-28(36)3;/h5-21,23,33H,22,24-25H2,1-4H3;1H/t33-;/m1./s1. The third-order valence-corrected chi connectivity index (χ3v) is 7.34. The Balaban J connectivity index is 0.00000423. The van der Waals surface area contributed by atoms with Gasteiger partial charge in [0.2, 0.25) is 5.88 Å². The van der Waals surface area contributed by atoms with Crippen LogP contribution in [-0.4, -0.2) is 33.4 Å². The summed E-state index contributed by atoms with van der Waals surface area (Å²) in [6.07, 6.45) is 0.277. The van der Waals surface area contributed by atoms with E-state index >= 15 is 0 Å². The number of ether oxygens (including phenoxy) is 1. The molecule has 5 aromatic rings. The van der Waals surface area contributed by atoms with Gasteiger partial charge in [-0.1, -0.05) is 96.6 Å². The lowest BCUT2D eigenvalue weighted by atomic mass is 10.00. The lowest BCUT2D eigenvalue weighted by Gasteiger charge is -2.29. The Bertz CT molecular complexity index is 1640. The number of aryl methyl sites for hydroxylation is 4. The van der Waals surface area contributed by atoms with E-state index in [2.05, 4.69) is 49.2 Å². The highest BCUT2D eigenvalue weighted by Gasteiger charge is 2.24. The first-order chi connectivity index (χ1) is 20.4. The van der Waals surface area contributed by atoms with E-state index in [1.807, 2.05) is 97.6 Å². The van der Waals surface area contributed by atoms with Crippen LogP contribution in [0.15, 0.2) is 109 Å². The molecular weight excluding hydrogens is 518 g/mol. The highest BCUT2D eigenvalue weighted by atomic mass is 16.5. The summed E-state index contributed by atoms with van der Waals surface area (Å²) in [7, 11) is 0. The number of aromatic nitrogens is 2. The summed E-state index contributed by atoms with van der Waals surface area (Å²) in [6, 6.07) is 36.3. The molecule has 5 heteroatoms. The molecular formula is C37H39N3O2. The number of amides is 1. The van der Waals surface area contributed by atoms with Crippen LogP contribution in [0.1, 0.15) is 45.4 Å². The van der Waals surface area contributed by atoms with Crippen LogP contribution in [0.3, 0.4) is 0 Å². The van der Waals surface area contributed by atoms with E-state index in [0.717, 1.165) is 39.1 Å². The Labute approximate surface area is 250 Å². The quantitative estimate of drug-likeness (QED) is 0.175. The summed E-state index contributed by atoms with van der Waals surface area (Å²) < 4.78 is 6.67. The van der Waals surface area contributed by atoms with Crippen molar-refractivity contribution in [2.45, 2.75) is 46.8 Å². The van der Waals surface area contributed by atoms with Gasteiger partial charge < -0.3 is 9.64 Å². The van der Waals surface area contributed by atoms with Crippen LogP contribution in [0.5, 0.6) is 5.88 Å². The summed E-state index contributed by atoms with van der Waals surface area (Å²) in [5.41, 5.74) is 8.14. The predicted octanol–water partition coefficient (Wildman–Crippen LogP) is 7.96. The molecule has 0 bridgehead atoms. The lowest BCUT2D eigenvalue weighted by Crippen LogP contribution is -2.40. The fraction of sp³-hybridized carbons (Fsp3) is 0.216. The van der Waals surface area contributed by atoms with Crippen molar-refractivity contribution < 1.29 is 11.0 Å². The summed E-state index contributed by atoms with van der Waals surface area (Å²) in [6.45, 7) is 8.94. The smallest absolute Gasteiger partial charge is 0.254 e. The molecule has 1 aromatic heterocycles. The zero-order valence-corrected chi connectivity index (χ0v) is 24.7. The van der Waals surface area contributed by atoms with Crippen molar-refractivity contribution in [2.24, 2.45) is 0 Å². The second-order valence-electron chi connectivity index (χ2n) is 10.9. The fourth-order valence-electron chi connectivity index (χ4n) is 5.37. The zero-order valence-electron chi connectivity index (χ0n) is 24.7. The van der Waals surface area contributed by atoms with E-state index in [9.17, 15) is 4.79 Å². The molecule has 0 aliphatic carbocycles. The first-order valence-electron chi connectivity index (χ1n) is 14.4. The van der Waals surface area contributed by atoms with Crippen molar-refractivity contribution in [1.82, 2.24) is 14.9 Å². The maximum Gasteiger partial charge on any atom is 0.254 e. The number of hydrogen-bond acceptors (Lipinski definition) is 4. The first kappa shape index (κ1) is 28.7. The van der Waals surface area contributed by atoms with Crippen LogP contribution in [0.4, 0.5) is 0 Å². The maximum absolute atomic E-state index is 14.0. The minimum absolute atomic E-state index is 0. The molecule has 5 rings (SSSR count). The number of hydrogen-bond donors (Lipinski definition) is 0. The van der Waals surface area contributed by atoms with E-state index in [1.165, 1.54) is 0 Å². The molecule has 4 aromatic carbocycles. The molecule has 42 heavy (non-hydrogen) atoms. The number of carbonyl (C=O) groups is 1. The molecule has 1 amide bonds. The molecule has 0 aliphatic rings. The van der Waals surface area contributed by atoms with Gasteiger partial charge in [0.05, 0.1) is 12.2 Å². The molecule has 0 saturated carbocycles. The van der Waals surface area contributed by atoms with Crippen LogP contribution in [0.25, 0.3) is 11.3 Å². The Hall–Kier alpha value is -4.77. The first-order valence-corrected chi connectivity index (χ1v) is 14.4. The van der Waals surface area contributed by atoms with Gasteiger partial charge in [0, 0.05) is 31.6 Å². The molecule has 1 atom stereocenters. The van der Waals surface area contributed by atoms with Gasteiger partial charge in [-0.25, -0.2) is 4.98 Å². The van der Waals surface area contributed by atoms with Gasteiger partial charge in [-0.3, -0.25) is 4.79 Å². The third kappa shape index (κ3) is 7.29. The minimum atomic E-state index is -0.343. The van der Waals surface area contributed by atoms with Crippen LogP contribution >= 0.6 is 0 Å². The van der Waals surface area contributed by atoms with Gasteiger partial charge in [-0.15, -0.1) is 0 Å². The van der Waals surface area contributed by atoms with Gasteiger partial charge in [-0.05, 0) is 62.1 Å². The van der Waals surface area contributed by atoms with Gasteiger partial charge in [0.25, 0.3) is 5.91 Å². The largest absolute Gasteiger partial charge is 0.472 e. The lowest BCUT2D eigenvalue weighted by molar-refractivity contribution is 0.0634. The van der Waals surface area contributed by atoms with Crippen LogP contribution in [0.2, 0.25) is 0 Å². The SMILES string of the molecule is Cc1cccc(C(=O)N(Cc2ccccc2)C[C@@H](Cc2ccccc2)Oc2cc(-c3c(C)cccc3C)nc(C)n2)c1.[HH]. The Morgan fingerprint density at radius 2 is 1.40 bits per heavy atom. The van der Waals surface area contributed by atoms with Gasteiger partial charge >= 0.3 is 0 Å². The molecule has 0 saturated heterocycles. The van der Waals surface area contributed by atoms with Crippen molar-refractivity contribution >= 4 is 5.91 Å². The summed E-state index contributed by atoms with van der Waals surface area (Å²) in [4.78, 5) is 25.3. The molecule has 5 nitrogen and oxygen atoms in total. The fourth-order valence-corrected chi connectivity index (χ4v) is 5.37. The Morgan fingerprint density at radius 3 is 2.07 bits per heavy atom. The average molecular weight is 558 g/mol. The maximum atomic E-state index is 14.0. The zero-order chi connectivity index (χ0) is 29.5. The van der Waals surface area contributed by atoms with Crippen molar-refractivity contribution in [2.75, 3.05) is 6.54 Å². The van der Waals surface area contributed by atoms with Crippen LogP contribution < -0.4 is 4.74 Å². The second-order valence-corrected chi connectivity index (χ2v) is 10.9. The third-order valence-electron chi connectivity index (χ3n) is 7.34. The topological polar surface area (TPSA) is 55.3 Å². The summed E-state index contributed by atoms with van der Waals surface area (Å²) >= 11 is 0. The van der Waals surface area contributed by atoms with E-state index in [4.69, 9.17) is 9.72 Å². The monoisotopic (exact) mass is 557 g/mol.